The number of ether oxygens (including phenoxy) is 2. The Balaban J connectivity index is 1.44. The number of halogens is 1. The zero-order chi connectivity index (χ0) is 28.8. The number of hydrogen-bond donors (Lipinski definition) is 3. The van der Waals surface area contributed by atoms with Crippen molar-refractivity contribution < 1.29 is 19.1 Å². The summed E-state index contributed by atoms with van der Waals surface area (Å²) in [5.41, 5.74) is 7.87. The molecule has 4 rings (SSSR count). The van der Waals surface area contributed by atoms with Crippen LogP contribution < -0.4 is 20.8 Å². The smallest absolute Gasteiger partial charge is 0.338 e. The van der Waals surface area contributed by atoms with Crippen LogP contribution >= 0.6 is 23.8 Å². The molecule has 40 heavy (non-hydrogen) atoms. The Hall–Kier alpha value is -4.15. The van der Waals surface area contributed by atoms with Gasteiger partial charge in [0, 0.05) is 38.9 Å². The maximum absolute atomic E-state index is 12.7. The first-order chi connectivity index (χ1) is 19.2. The number of hydrogen-bond acceptors (Lipinski definition) is 6. The number of esters is 1. The summed E-state index contributed by atoms with van der Waals surface area (Å²) < 4.78 is 13.2. The number of nitrogens with one attached hydrogen (secondary N) is 3. The summed E-state index contributed by atoms with van der Waals surface area (Å²) >= 11 is 11.5. The van der Waals surface area contributed by atoms with Gasteiger partial charge in [0.2, 0.25) is 0 Å². The quantitative estimate of drug-likeness (QED) is 0.147. The minimum atomic E-state index is -0.611. The lowest BCUT2D eigenvalue weighted by Gasteiger charge is -2.30. The topological polar surface area (TPSA) is 106 Å². The Bertz CT molecular complexity index is 1510. The fourth-order valence-electron chi connectivity index (χ4n) is 4.54. The Morgan fingerprint density at radius 3 is 2.67 bits per heavy atom. The molecule has 2 heterocycles. The van der Waals surface area contributed by atoms with Gasteiger partial charge in [0.25, 0.3) is 5.91 Å². The number of amides is 1. The number of carbonyl (C=O) groups is 2. The predicted octanol–water partition coefficient (Wildman–Crippen LogP) is 4.63. The molecule has 0 saturated heterocycles. The van der Waals surface area contributed by atoms with Gasteiger partial charge in [-0.05, 0) is 70.2 Å². The summed E-state index contributed by atoms with van der Waals surface area (Å²) in [5, 5.41) is 11.2. The lowest BCUT2D eigenvalue weighted by Crippen LogP contribution is -2.45. The summed E-state index contributed by atoms with van der Waals surface area (Å²) in [5.74, 6) is -0.492. The molecule has 11 heteroatoms. The van der Waals surface area contributed by atoms with Crippen molar-refractivity contribution in [2.24, 2.45) is 5.10 Å². The molecule has 208 valence electrons. The molecule has 0 fully saturated rings. The van der Waals surface area contributed by atoms with Crippen LogP contribution in [0.1, 0.15) is 42.4 Å². The second-order valence-electron chi connectivity index (χ2n) is 9.05. The van der Waals surface area contributed by atoms with Crippen LogP contribution in [-0.4, -0.2) is 41.0 Å². The average molecular weight is 580 g/mol. The van der Waals surface area contributed by atoms with Crippen LogP contribution in [0.3, 0.4) is 0 Å². The van der Waals surface area contributed by atoms with Gasteiger partial charge in [-0.15, -0.1) is 0 Å². The molecule has 3 aromatic rings. The van der Waals surface area contributed by atoms with Crippen molar-refractivity contribution in [1.82, 2.24) is 20.6 Å². The Kier molecular flexibility index (Phi) is 9.23. The standard InChI is InChI=1S/C29H30ClN5O4S/c1-5-38-28(37)26-18(3)32-29(40)33-27(26)23-11-6-7-12-24(23)39-16-25(36)34-31-15-20-13-17(2)35(19(20)4)22-10-8-9-21(30)14-22/h6-15,27H,5,16H2,1-4H3,(H,34,36)(H2,32,33,40)/t27-/m0/s1. The summed E-state index contributed by atoms with van der Waals surface area (Å²) in [4.78, 5) is 25.3. The van der Waals surface area contributed by atoms with Crippen LogP contribution in [0.15, 0.2) is 71.0 Å². The highest BCUT2D eigenvalue weighted by Crippen LogP contribution is 2.33. The van der Waals surface area contributed by atoms with Crippen molar-refractivity contribution >= 4 is 47.0 Å². The zero-order valence-electron chi connectivity index (χ0n) is 22.6. The van der Waals surface area contributed by atoms with Crippen LogP contribution in [0.25, 0.3) is 5.69 Å². The molecule has 2 aromatic carbocycles. The molecule has 1 aromatic heterocycles. The molecule has 3 N–H and O–H groups in total. The largest absolute Gasteiger partial charge is 0.483 e. The molecule has 1 atom stereocenters. The molecular weight excluding hydrogens is 550 g/mol. The number of carbonyl (C=O) groups excluding carboxylic acids is 2. The lowest BCUT2D eigenvalue weighted by atomic mass is 9.95. The van der Waals surface area contributed by atoms with E-state index in [9.17, 15) is 9.59 Å². The lowest BCUT2D eigenvalue weighted by molar-refractivity contribution is -0.139. The third-order valence-corrected chi connectivity index (χ3v) is 6.74. The van der Waals surface area contributed by atoms with E-state index < -0.39 is 17.9 Å². The fraction of sp³-hybridized carbons (Fsp3) is 0.241. The highest BCUT2D eigenvalue weighted by molar-refractivity contribution is 7.80. The normalized spacial score (nSPS) is 15.0. The molecule has 0 unspecified atom stereocenters. The number of aromatic nitrogens is 1. The molecule has 1 amide bonds. The number of para-hydroxylation sites is 1. The number of benzene rings is 2. The van der Waals surface area contributed by atoms with Crippen molar-refractivity contribution in [1.29, 1.82) is 0 Å². The monoisotopic (exact) mass is 579 g/mol. The SMILES string of the molecule is CCOC(=O)C1=C(C)NC(=S)N[C@H]1c1ccccc1OCC(=O)NN=Cc1cc(C)n(-c2cccc(Cl)c2)c1C. The van der Waals surface area contributed by atoms with Gasteiger partial charge in [0.15, 0.2) is 11.7 Å². The zero-order valence-corrected chi connectivity index (χ0v) is 24.2. The molecular formula is C29H30ClN5O4S. The number of allylic oxidation sites excluding steroid dienone is 1. The first-order valence-electron chi connectivity index (χ1n) is 12.6. The van der Waals surface area contributed by atoms with E-state index in [1.165, 1.54) is 0 Å². The van der Waals surface area contributed by atoms with E-state index in [0.717, 1.165) is 22.6 Å². The molecule has 0 radical (unpaired) electrons. The highest BCUT2D eigenvalue weighted by Gasteiger charge is 2.32. The number of aryl methyl sites for hydroxylation is 1. The van der Waals surface area contributed by atoms with E-state index in [-0.39, 0.29) is 13.2 Å². The van der Waals surface area contributed by atoms with Gasteiger partial charge in [0.05, 0.1) is 24.4 Å². The van der Waals surface area contributed by atoms with E-state index in [1.807, 2.05) is 50.2 Å². The van der Waals surface area contributed by atoms with Crippen molar-refractivity contribution in [3.8, 4) is 11.4 Å². The first-order valence-corrected chi connectivity index (χ1v) is 13.4. The summed E-state index contributed by atoms with van der Waals surface area (Å²) in [6.45, 7) is 7.40. The Labute approximate surface area is 243 Å². The number of rotatable bonds is 9. The molecule has 0 spiro atoms. The van der Waals surface area contributed by atoms with Crippen molar-refractivity contribution in [3.63, 3.8) is 0 Å². The number of nitrogens with zero attached hydrogens (tertiary/aromatic N) is 2. The maximum Gasteiger partial charge on any atom is 0.338 e. The average Bonchev–Trinajstić information content (AvgIpc) is 3.19. The third kappa shape index (κ3) is 6.52. The van der Waals surface area contributed by atoms with E-state index in [4.69, 9.17) is 33.3 Å². The predicted molar refractivity (Wildman–Crippen MR) is 159 cm³/mol. The molecule has 0 bridgehead atoms. The van der Waals surface area contributed by atoms with Gasteiger partial charge >= 0.3 is 5.97 Å². The molecule has 0 saturated carbocycles. The Morgan fingerprint density at radius 2 is 1.93 bits per heavy atom. The van der Waals surface area contributed by atoms with Gasteiger partial charge < -0.3 is 24.7 Å². The number of hydrazone groups is 1. The molecule has 9 nitrogen and oxygen atoms in total. The minimum absolute atomic E-state index is 0.232. The van der Waals surface area contributed by atoms with E-state index in [2.05, 4.69) is 25.7 Å². The maximum atomic E-state index is 12.7. The summed E-state index contributed by atoms with van der Waals surface area (Å²) in [6.07, 6.45) is 1.59. The van der Waals surface area contributed by atoms with Gasteiger partial charge in [-0.3, -0.25) is 4.79 Å². The van der Waals surface area contributed by atoms with Crippen LogP contribution in [-0.2, 0) is 14.3 Å². The molecule has 0 aliphatic carbocycles. The summed E-state index contributed by atoms with van der Waals surface area (Å²) in [6, 6.07) is 16.1. The molecule has 1 aliphatic rings. The molecule has 1 aliphatic heterocycles. The fourth-order valence-corrected chi connectivity index (χ4v) is 4.99. The van der Waals surface area contributed by atoms with Crippen LogP contribution in [0.5, 0.6) is 5.75 Å². The van der Waals surface area contributed by atoms with Crippen LogP contribution in [0, 0.1) is 13.8 Å². The van der Waals surface area contributed by atoms with E-state index in [0.29, 0.717) is 32.7 Å². The van der Waals surface area contributed by atoms with Crippen molar-refractivity contribution in [2.75, 3.05) is 13.2 Å². The van der Waals surface area contributed by atoms with Crippen LogP contribution in [0.4, 0.5) is 0 Å². The first kappa shape index (κ1) is 28.8. The van der Waals surface area contributed by atoms with E-state index in [1.54, 1.807) is 38.3 Å². The van der Waals surface area contributed by atoms with E-state index >= 15 is 0 Å². The highest BCUT2D eigenvalue weighted by atomic mass is 35.5. The van der Waals surface area contributed by atoms with Crippen molar-refractivity contribution in [3.05, 3.63) is 93.4 Å². The Morgan fingerprint density at radius 1 is 1.15 bits per heavy atom. The van der Waals surface area contributed by atoms with Gasteiger partial charge in [0.1, 0.15) is 5.75 Å². The van der Waals surface area contributed by atoms with Gasteiger partial charge in [-0.2, -0.15) is 5.10 Å². The van der Waals surface area contributed by atoms with Gasteiger partial charge in [-0.25, -0.2) is 10.2 Å². The van der Waals surface area contributed by atoms with Crippen LogP contribution in [0.2, 0.25) is 5.02 Å². The van der Waals surface area contributed by atoms with Crippen molar-refractivity contribution in [2.45, 2.75) is 33.7 Å². The van der Waals surface area contributed by atoms with Gasteiger partial charge in [-0.1, -0.05) is 35.9 Å². The third-order valence-electron chi connectivity index (χ3n) is 6.28. The second-order valence-corrected chi connectivity index (χ2v) is 9.90. The number of thiocarbonyl (C=S) groups is 1. The second kappa shape index (κ2) is 12.8. The summed E-state index contributed by atoms with van der Waals surface area (Å²) in [7, 11) is 0. The minimum Gasteiger partial charge on any atom is -0.483 e.